The summed E-state index contributed by atoms with van der Waals surface area (Å²) in [6.45, 7) is 5.30. The molecule has 4 nitrogen and oxygen atoms in total. The molecule has 1 atom stereocenters. The molecule has 0 bridgehead atoms. The van der Waals surface area contributed by atoms with Gasteiger partial charge in [0.1, 0.15) is 5.01 Å². The zero-order valence-electron chi connectivity index (χ0n) is 10.9. The summed E-state index contributed by atoms with van der Waals surface area (Å²) in [5, 5.41) is 6.50. The van der Waals surface area contributed by atoms with Crippen molar-refractivity contribution < 1.29 is 0 Å². The third-order valence-corrected chi connectivity index (χ3v) is 3.83. The van der Waals surface area contributed by atoms with Crippen LogP contribution >= 0.6 is 35.3 Å². The number of halogens is 1. The Kier molecular flexibility index (Phi) is 6.91. The molecule has 0 amide bonds. The van der Waals surface area contributed by atoms with E-state index in [9.17, 15) is 0 Å². The minimum atomic E-state index is 0. The van der Waals surface area contributed by atoms with Gasteiger partial charge < -0.3 is 10.2 Å². The number of rotatable bonds is 2. The van der Waals surface area contributed by atoms with Crippen molar-refractivity contribution in [1.82, 2.24) is 15.2 Å². The minimum absolute atomic E-state index is 0. The second-order valence-corrected chi connectivity index (χ2v) is 5.50. The molecule has 0 radical (unpaired) electrons. The molecule has 1 N–H and O–H groups in total. The van der Waals surface area contributed by atoms with Crippen LogP contribution in [-0.2, 0) is 6.54 Å². The van der Waals surface area contributed by atoms with Gasteiger partial charge in [-0.05, 0) is 18.8 Å². The maximum absolute atomic E-state index is 4.35. The molecular weight excluding hydrogens is 359 g/mol. The number of likely N-dealkylation sites (tertiary alicyclic amines) is 1. The summed E-state index contributed by atoms with van der Waals surface area (Å²) in [7, 11) is 1.85. The van der Waals surface area contributed by atoms with Crippen molar-refractivity contribution in [2.45, 2.75) is 26.3 Å². The first-order valence-corrected chi connectivity index (χ1v) is 7.01. The van der Waals surface area contributed by atoms with Crippen molar-refractivity contribution in [2.75, 3.05) is 20.1 Å². The van der Waals surface area contributed by atoms with Crippen LogP contribution < -0.4 is 5.32 Å². The van der Waals surface area contributed by atoms with Gasteiger partial charge >= 0.3 is 0 Å². The Labute approximate surface area is 130 Å². The van der Waals surface area contributed by atoms with E-state index >= 15 is 0 Å². The summed E-state index contributed by atoms with van der Waals surface area (Å²) in [4.78, 5) is 11.0. The van der Waals surface area contributed by atoms with Gasteiger partial charge in [0.2, 0.25) is 0 Å². The molecule has 1 aliphatic heterocycles. The fourth-order valence-corrected chi connectivity index (χ4v) is 2.77. The third-order valence-electron chi connectivity index (χ3n) is 3.05. The SMILES string of the molecule is CN=C(NCc1nccs1)N1CCCC(C)C1.I. The lowest BCUT2D eigenvalue weighted by Gasteiger charge is -2.33. The average Bonchev–Trinajstić information content (AvgIpc) is 2.83. The van der Waals surface area contributed by atoms with Crippen LogP contribution in [0.5, 0.6) is 0 Å². The second kappa shape index (κ2) is 7.93. The van der Waals surface area contributed by atoms with Crippen molar-refractivity contribution in [3.63, 3.8) is 0 Å². The van der Waals surface area contributed by atoms with Crippen molar-refractivity contribution in [3.05, 3.63) is 16.6 Å². The van der Waals surface area contributed by atoms with Crippen molar-refractivity contribution >= 4 is 41.3 Å². The lowest BCUT2D eigenvalue weighted by molar-refractivity contribution is 0.266. The number of hydrogen-bond acceptors (Lipinski definition) is 3. The monoisotopic (exact) mass is 380 g/mol. The molecule has 0 aliphatic carbocycles. The number of aromatic nitrogens is 1. The Hall–Kier alpha value is -0.370. The number of nitrogens with zero attached hydrogens (tertiary/aromatic N) is 3. The van der Waals surface area contributed by atoms with E-state index in [-0.39, 0.29) is 24.0 Å². The largest absolute Gasteiger partial charge is 0.350 e. The van der Waals surface area contributed by atoms with Gasteiger partial charge in [-0.15, -0.1) is 35.3 Å². The summed E-state index contributed by atoms with van der Waals surface area (Å²) < 4.78 is 0. The van der Waals surface area contributed by atoms with E-state index in [1.165, 1.54) is 12.8 Å². The van der Waals surface area contributed by atoms with Gasteiger partial charge in [0, 0.05) is 31.7 Å². The Morgan fingerprint density at radius 1 is 1.67 bits per heavy atom. The van der Waals surface area contributed by atoms with Gasteiger partial charge in [-0.25, -0.2) is 4.98 Å². The maximum atomic E-state index is 4.35. The molecule has 0 aromatic carbocycles. The number of thiazole rings is 1. The molecule has 2 rings (SSSR count). The smallest absolute Gasteiger partial charge is 0.194 e. The third kappa shape index (κ3) is 4.38. The highest BCUT2D eigenvalue weighted by Gasteiger charge is 2.18. The fraction of sp³-hybridized carbons (Fsp3) is 0.667. The minimum Gasteiger partial charge on any atom is -0.350 e. The van der Waals surface area contributed by atoms with Gasteiger partial charge in [-0.3, -0.25) is 4.99 Å². The second-order valence-electron chi connectivity index (χ2n) is 4.52. The molecule has 1 unspecified atom stereocenters. The van der Waals surface area contributed by atoms with Crippen LogP contribution in [0.1, 0.15) is 24.8 Å². The fourth-order valence-electron chi connectivity index (χ4n) is 2.21. The van der Waals surface area contributed by atoms with Gasteiger partial charge in [0.05, 0.1) is 6.54 Å². The van der Waals surface area contributed by atoms with Gasteiger partial charge in [0.15, 0.2) is 5.96 Å². The van der Waals surface area contributed by atoms with Crippen molar-refractivity contribution in [1.29, 1.82) is 0 Å². The molecule has 6 heteroatoms. The number of piperidine rings is 1. The normalized spacial score (nSPS) is 20.4. The van der Waals surface area contributed by atoms with E-state index in [1.54, 1.807) is 11.3 Å². The lowest BCUT2D eigenvalue weighted by Crippen LogP contribution is -2.45. The molecule has 102 valence electrons. The quantitative estimate of drug-likeness (QED) is 0.487. The highest BCUT2D eigenvalue weighted by Crippen LogP contribution is 2.15. The molecule has 1 saturated heterocycles. The molecule has 1 aromatic heterocycles. The Balaban J connectivity index is 0.00000162. The first-order chi connectivity index (χ1) is 8.29. The standard InChI is InChI=1S/C12H20N4S.HI/c1-10-4-3-6-16(9-10)12(13-2)15-8-11-14-5-7-17-11;/h5,7,10H,3-4,6,8-9H2,1-2H3,(H,13,15);1H. The first-order valence-electron chi connectivity index (χ1n) is 6.13. The van der Waals surface area contributed by atoms with Crippen LogP contribution in [0, 0.1) is 5.92 Å². The average molecular weight is 380 g/mol. The summed E-state index contributed by atoms with van der Waals surface area (Å²) in [5.41, 5.74) is 0. The van der Waals surface area contributed by atoms with Crippen LogP contribution in [0.4, 0.5) is 0 Å². The van der Waals surface area contributed by atoms with Crippen LogP contribution in [-0.4, -0.2) is 36.0 Å². The Morgan fingerprint density at radius 3 is 3.11 bits per heavy atom. The number of hydrogen-bond donors (Lipinski definition) is 1. The van der Waals surface area contributed by atoms with E-state index in [2.05, 4.69) is 27.1 Å². The predicted octanol–water partition coefficient (Wildman–Crippen LogP) is 2.57. The van der Waals surface area contributed by atoms with Crippen molar-refractivity contribution in [2.24, 2.45) is 10.9 Å². The van der Waals surface area contributed by atoms with Crippen LogP contribution in [0.2, 0.25) is 0 Å². The predicted molar refractivity (Wildman–Crippen MR) is 87.7 cm³/mol. The number of nitrogens with one attached hydrogen (secondary N) is 1. The molecule has 18 heavy (non-hydrogen) atoms. The van der Waals surface area contributed by atoms with Gasteiger partial charge in [-0.1, -0.05) is 6.92 Å². The zero-order chi connectivity index (χ0) is 12.1. The molecule has 1 aromatic rings. The van der Waals surface area contributed by atoms with Gasteiger partial charge in [-0.2, -0.15) is 0 Å². The molecule has 0 spiro atoms. The first kappa shape index (κ1) is 15.7. The molecule has 1 fully saturated rings. The summed E-state index contributed by atoms with van der Waals surface area (Å²) in [6, 6.07) is 0. The maximum Gasteiger partial charge on any atom is 0.194 e. The van der Waals surface area contributed by atoms with E-state index in [0.29, 0.717) is 0 Å². The topological polar surface area (TPSA) is 40.5 Å². The lowest BCUT2D eigenvalue weighted by atomic mass is 10.0. The van der Waals surface area contributed by atoms with Crippen LogP contribution in [0.25, 0.3) is 0 Å². The Morgan fingerprint density at radius 2 is 2.50 bits per heavy atom. The zero-order valence-corrected chi connectivity index (χ0v) is 14.1. The molecule has 0 saturated carbocycles. The molecular formula is C12H21IN4S. The molecule has 1 aliphatic rings. The molecule has 2 heterocycles. The Bertz CT molecular complexity index is 366. The van der Waals surface area contributed by atoms with E-state index in [1.807, 2.05) is 18.6 Å². The highest BCUT2D eigenvalue weighted by molar-refractivity contribution is 14.0. The van der Waals surface area contributed by atoms with E-state index in [0.717, 1.165) is 36.5 Å². The van der Waals surface area contributed by atoms with E-state index < -0.39 is 0 Å². The van der Waals surface area contributed by atoms with Crippen molar-refractivity contribution in [3.8, 4) is 0 Å². The van der Waals surface area contributed by atoms with Gasteiger partial charge in [0.25, 0.3) is 0 Å². The van der Waals surface area contributed by atoms with E-state index in [4.69, 9.17) is 0 Å². The number of guanidine groups is 1. The summed E-state index contributed by atoms with van der Waals surface area (Å²) in [5.74, 6) is 1.77. The summed E-state index contributed by atoms with van der Waals surface area (Å²) in [6.07, 6.45) is 4.44. The highest BCUT2D eigenvalue weighted by atomic mass is 127. The van der Waals surface area contributed by atoms with Crippen LogP contribution in [0.3, 0.4) is 0 Å². The summed E-state index contributed by atoms with van der Waals surface area (Å²) >= 11 is 1.68. The number of aliphatic imine (C=N–C) groups is 1. The van der Waals surface area contributed by atoms with Crippen LogP contribution in [0.15, 0.2) is 16.6 Å².